The highest BCUT2D eigenvalue weighted by Crippen LogP contribution is 2.23. The molecule has 0 aliphatic heterocycles. The first-order valence-electron chi connectivity index (χ1n) is 7.05. The van der Waals surface area contributed by atoms with Crippen LogP contribution in [0, 0.1) is 5.92 Å². The van der Waals surface area contributed by atoms with E-state index in [0.717, 1.165) is 25.0 Å². The summed E-state index contributed by atoms with van der Waals surface area (Å²) >= 11 is 1.53. The summed E-state index contributed by atoms with van der Waals surface area (Å²) < 4.78 is 29.2. The number of halogens is 2. The van der Waals surface area contributed by atoms with Crippen LogP contribution in [0.15, 0.2) is 0 Å². The summed E-state index contributed by atoms with van der Waals surface area (Å²) in [6.45, 7) is 6.49. The second-order valence-corrected chi connectivity index (χ2v) is 6.19. The van der Waals surface area contributed by atoms with E-state index in [4.69, 9.17) is 4.74 Å². The highest BCUT2D eigenvalue weighted by atomic mass is 32.2. The molecule has 19 heavy (non-hydrogen) atoms. The molecule has 0 radical (unpaired) electrons. The van der Waals surface area contributed by atoms with Gasteiger partial charge in [0.1, 0.15) is 5.25 Å². The van der Waals surface area contributed by atoms with Gasteiger partial charge in [-0.1, -0.05) is 27.2 Å². The Morgan fingerprint density at radius 2 is 1.89 bits per heavy atom. The van der Waals surface area contributed by atoms with Crippen molar-refractivity contribution in [2.45, 2.75) is 64.6 Å². The van der Waals surface area contributed by atoms with Crippen LogP contribution >= 0.6 is 11.8 Å². The van der Waals surface area contributed by atoms with E-state index in [9.17, 15) is 13.6 Å². The first kappa shape index (κ1) is 18.7. The average Bonchev–Trinajstić information content (AvgIpc) is 2.32. The summed E-state index contributed by atoms with van der Waals surface area (Å²) in [7, 11) is 0. The number of hydrogen-bond donors (Lipinski definition) is 0. The smallest absolute Gasteiger partial charge is 0.319 e. The monoisotopic (exact) mass is 296 g/mol. The van der Waals surface area contributed by atoms with Crippen molar-refractivity contribution >= 4 is 17.7 Å². The minimum Gasteiger partial charge on any atom is -0.465 e. The van der Waals surface area contributed by atoms with Crippen LogP contribution in [0.4, 0.5) is 8.78 Å². The van der Waals surface area contributed by atoms with Crippen LogP contribution in [-0.2, 0) is 9.53 Å². The fourth-order valence-corrected chi connectivity index (χ4v) is 2.76. The predicted octanol–water partition coefficient (Wildman–Crippen LogP) is 4.52. The first-order valence-corrected chi connectivity index (χ1v) is 8.10. The molecule has 0 bridgehead atoms. The van der Waals surface area contributed by atoms with Crippen molar-refractivity contribution < 1.29 is 18.3 Å². The molecule has 0 saturated heterocycles. The fraction of sp³-hybridized carbons (Fsp3) is 0.929. The van der Waals surface area contributed by atoms with Crippen LogP contribution < -0.4 is 0 Å². The van der Waals surface area contributed by atoms with Crippen LogP contribution in [0.1, 0.15) is 52.9 Å². The summed E-state index contributed by atoms with van der Waals surface area (Å²) in [5, 5.41) is -0.177. The third-order valence-electron chi connectivity index (χ3n) is 2.69. The minimum atomic E-state index is -2.22. The van der Waals surface area contributed by atoms with Crippen molar-refractivity contribution in [1.82, 2.24) is 0 Å². The van der Waals surface area contributed by atoms with Gasteiger partial charge in [0, 0.05) is 6.42 Å². The maximum Gasteiger partial charge on any atom is 0.319 e. The van der Waals surface area contributed by atoms with E-state index >= 15 is 0 Å². The standard InChI is InChI=1S/C14H26F2O2S/c1-4-5-9-18-14(17)13(11(2)3)19-10-7-6-8-12(15)16/h11-13H,4-10H2,1-3H3. The summed E-state index contributed by atoms with van der Waals surface area (Å²) in [6.07, 6.45) is 0.856. The second-order valence-electron chi connectivity index (χ2n) is 4.94. The molecule has 1 unspecified atom stereocenters. The highest BCUT2D eigenvalue weighted by molar-refractivity contribution is 8.00. The Morgan fingerprint density at radius 1 is 1.21 bits per heavy atom. The number of thioether (sulfide) groups is 1. The van der Waals surface area contributed by atoms with Gasteiger partial charge in [-0.2, -0.15) is 0 Å². The Morgan fingerprint density at radius 3 is 2.42 bits per heavy atom. The van der Waals surface area contributed by atoms with E-state index in [0.29, 0.717) is 13.0 Å². The van der Waals surface area contributed by atoms with Crippen molar-refractivity contribution in [3.8, 4) is 0 Å². The largest absolute Gasteiger partial charge is 0.465 e. The molecular weight excluding hydrogens is 270 g/mol. The normalized spacial score (nSPS) is 13.0. The lowest BCUT2D eigenvalue weighted by molar-refractivity contribution is -0.143. The molecule has 0 fully saturated rings. The topological polar surface area (TPSA) is 26.3 Å². The maximum absolute atomic E-state index is 12.0. The van der Waals surface area contributed by atoms with Crippen LogP contribution in [0.3, 0.4) is 0 Å². The first-order chi connectivity index (χ1) is 8.99. The van der Waals surface area contributed by atoms with E-state index in [1.807, 2.05) is 20.8 Å². The lowest BCUT2D eigenvalue weighted by Gasteiger charge is -2.19. The molecule has 0 saturated carbocycles. The van der Waals surface area contributed by atoms with E-state index < -0.39 is 6.43 Å². The van der Waals surface area contributed by atoms with E-state index in [-0.39, 0.29) is 23.6 Å². The Labute approximate surface area is 119 Å². The number of unbranched alkanes of at least 4 members (excludes halogenated alkanes) is 2. The number of carbonyl (C=O) groups excluding carboxylic acids is 1. The molecule has 114 valence electrons. The van der Waals surface area contributed by atoms with Crippen LogP contribution in [0.2, 0.25) is 0 Å². The van der Waals surface area contributed by atoms with Crippen molar-refractivity contribution in [1.29, 1.82) is 0 Å². The molecule has 0 aromatic heterocycles. The van der Waals surface area contributed by atoms with Crippen molar-refractivity contribution in [3.05, 3.63) is 0 Å². The number of esters is 1. The molecule has 0 spiro atoms. The summed E-state index contributed by atoms with van der Waals surface area (Å²) in [5.74, 6) is 0.773. The van der Waals surface area contributed by atoms with E-state index in [1.165, 1.54) is 11.8 Å². The van der Waals surface area contributed by atoms with Gasteiger partial charge < -0.3 is 4.74 Å². The van der Waals surface area contributed by atoms with Gasteiger partial charge in [0.2, 0.25) is 6.43 Å². The van der Waals surface area contributed by atoms with Gasteiger partial charge in [0.25, 0.3) is 0 Å². The lowest BCUT2D eigenvalue weighted by Crippen LogP contribution is -2.26. The molecule has 2 nitrogen and oxygen atoms in total. The van der Waals surface area contributed by atoms with Crippen molar-refractivity contribution in [2.75, 3.05) is 12.4 Å². The van der Waals surface area contributed by atoms with Gasteiger partial charge in [-0.3, -0.25) is 4.79 Å². The van der Waals surface area contributed by atoms with Crippen LogP contribution in [0.5, 0.6) is 0 Å². The molecule has 5 heteroatoms. The molecule has 0 aliphatic rings. The van der Waals surface area contributed by atoms with Gasteiger partial charge in [-0.05, 0) is 30.9 Å². The van der Waals surface area contributed by atoms with Crippen LogP contribution in [-0.4, -0.2) is 30.0 Å². The molecule has 1 atom stereocenters. The van der Waals surface area contributed by atoms with E-state index in [1.54, 1.807) is 0 Å². The SMILES string of the molecule is CCCCOC(=O)C(SCCCCC(F)F)C(C)C. The Hall–Kier alpha value is -0.320. The zero-order valence-electron chi connectivity index (χ0n) is 12.2. The quantitative estimate of drug-likeness (QED) is 0.414. The Balaban J connectivity index is 3.88. The Bertz CT molecular complexity index is 235. The number of carbonyl (C=O) groups is 1. The van der Waals surface area contributed by atoms with Gasteiger partial charge in [0.05, 0.1) is 6.61 Å². The fourth-order valence-electron chi connectivity index (χ4n) is 1.54. The number of alkyl halides is 2. The van der Waals surface area contributed by atoms with E-state index in [2.05, 4.69) is 0 Å². The molecule has 0 aromatic carbocycles. The number of rotatable bonds is 11. The third-order valence-corrected chi connectivity index (χ3v) is 4.31. The molecule has 0 amide bonds. The van der Waals surface area contributed by atoms with Gasteiger partial charge in [-0.15, -0.1) is 11.8 Å². The van der Waals surface area contributed by atoms with Crippen molar-refractivity contribution in [3.63, 3.8) is 0 Å². The molecule has 0 aliphatic carbocycles. The Kier molecular flexibility index (Phi) is 11.3. The van der Waals surface area contributed by atoms with Gasteiger partial charge in [-0.25, -0.2) is 8.78 Å². The zero-order valence-corrected chi connectivity index (χ0v) is 13.0. The van der Waals surface area contributed by atoms with Gasteiger partial charge >= 0.3 is 5.97 Å². The number of hydrogen-bond acceptors (Lipinski definition) is 3. The predicted molar refractivity (Wildman–Crippen MR) is 76.8 cm³/mol. The highest BCUT2D eigenvalue weighted by Gasteiger charge is 2.23. The maximum atomic E-state index is 12.0. The zero-order chi connectivity index (χ0) is 14.7. The van der Waals surface area contributed by atoms with Crippen molar-refractivity contribution in [2.24, 2.45) is 5.92 Å². The third kappa shape index (κ3) is 10.2. The molecule has 0 aromatic rings. The summed E-state index contributed by atoms with van der Waals surface area (Å²) in [4.78, 5) is 11.9. The minimum absolute atomic E-state index is 0.0478. The van der Waals surface area contributed by atoms with Crippen LogP contribution in [0.25, 0.3) is 0 Å². The average molecular weight is 296 g/mol. The second kappa shape index (κ2) is 11.5. The van der Waals surface area contributed by atoms with Gasteiger partial charge in [0.15, 0.2) is 0 Å². The number of ether oxygens (including phenoxy) is 1. The molecule has 0 rings (SSSR count). The molecule has 0 N–H and O–H groups in total. The molecular formula is C14H26F2O2S. The summed E-state index contributed by atoms with van der Waals surface area (Å²) in [6, 6.07) is 0. The lowest BCUT2D eigenvalue weighted by atomic mass is 10.1. The molecule has 0 heterocycles. The summed E-state index contributed by atoms with van der Waals surface area (Å²) in [5.41, 5.74) is 0.